The van der Waals surface area contributed by atoms with E-state index < -0.39 is 35.7 Å². The van der Waals surface area contributed by atoms with Crippen molar-refractivity contribution in [3.05, 3.63) is 101 Å². The maximum atomic E-state index is 14.4. The van der Waals surface area contributed by atoms with E-state index in [0.29, 0.717) is 16.8 Å². The molecular formula is C34H39N3O4. The van der Waals surface area contributed by atoms with Crippen molar-refractivity contribution in [2.24, 2.45) is 0 Å². The van der Waals surface area contributed by atoms with Gasteiger partial charge in [0.1, 0.15) is 17.7 Å². The number of amides is 3. The summed E-state index contributed by atoms with van der Waals surface area (Å²) < 4.78 is 5.49. The standard InChI is InChI=1S/C34H39N3O4/c1-8-25-18-20-27(21-19-25)30(31(38)35-28-17-13-12-14-24(28)4)37(23(2)3)32(39)29(22-26-15-10-9-11-16-26)36-33(40)41-34(5,6)7/h1,9-21,23,29-30H,22H2,2-7H3,(H,35,38)(H,36,40). The summed E-state index contributed by atoms with van der Waals surface area (Å²) in [7, 11) is 0. The van der Waals surface area contributed by atoms with Gasteiger partial charge in [-0.2, -0.15) is 0 Å². The Hall–Kier alpha value is -4.57. The SMILES string of the molecule is C#Cc1ccc(C(C(=O)Nc2ccccc2C)N(C(=O)C(Cc2ccccc2)NC(=O)OC(C)(C)C)C(C)C)cc1. The number of carbonyl (C=O) groups excluding carboxylic acids is 3. The number of ether oxygens (including phenoxy) is 1. The number of terminal acetylenes is 1. The number of anilines is 1. The minimum atomic E-state index is -1.01. The summed E-state index contributed by atoms with van der Waals surface area (Å²) in [5.41, 5.74) is 2.88. The molecule has 0 aliphatic rings. The number of carbonyl (C=O) groups is 3. The van der Waals surface area contributed by atoms with Crippen LogP contribution in [0.4, 0.5) is 10.5 Å². The molecule has 7 nitrogen and oxygen atoms in total. The summed E-state index contributed by atoms with van der Waals surface area (Å²) >= 11 is 0. The summed E-state index contributed by atoms with van der Waals surface area (Å²) in [5, 5.41) is 5.77. The molecule has 7 heteroatoms. The van der Waals surface area contributed by atoms with Crippen LogP contribution in [0, 0.1) is 19.3 Å². The number of benzene rings is 3. The molecule has 0 aliphatic heterocycles. The first-order chi connectivity index (χ1) is 19.4. The minimum Gasteiger partial charge on any atom is -0.444 e. The zero-order chi connectivity index (χ0) is 30.2. The van der Waals surface area contributed by atoms with Gasteiger partial charge < -0.3 is 20.3 Å². The first kappa shape index (κ1) is 31.0. The average Bonchev–Trinajstić information content (AvgIpc) is 2.91. The normalized spacial score (nSPS) is 12.5. The summed E-state index contributed by atoms with van der Waals surface area (Å²) in [6, 6.07) is 21.4. The molecule has 214 valence electrons. The molecule has 2 N–H and O–H groups in total. The highest BCUT2D eigenvalue weighted by molar-refractivity contribution is 5.99. The Balaban J connectivity index is 2.06. The molecular weight excluding hydrogens is 514 g/mol. The topological polar surface area (TPSA) is 87.7 Å². The van der Waals surface area contributed by atoms with E-state index in [0.717, 1.165) is 11.1 Å². The van der Waals surface area contributed by atoms with Crippen molar-refractivity contribution in [3.8, 4) is 12.3 Å². The summed E-state index contributed by atoms with van der Waals surface area (Å²) in [5.74, 6) is 1.79. The molecule has 3 amide bonds. The van der Waals surface area contributed by atoms with Crippen LogP contribution in [0.2, 0.25) is 0 Å². The molecule has 0 aromatic heterocycles. The number of hydrogen-bond acceptors (Lipinski definition) is 4. The van der Waals surface area contributed by atoms with Crippen molar-refractivity contribution < 1.29 is 19.1 Å². The van der Waals surface area contributed by atoms with Gasteiger partial charge >= 0.3 is 6.09 Å². The smallest absolute Gasteiger partial charge is 0.408 e. The quantitative estimate of drug-likeness (QED) is 0.317. The highest BCUT2D eigenvalue weighted by atomic mass is 16.6. The summed E-state index contributed by atoms with van der Waals surface area (Å²) in [4.78, 5) is 42.8. The lowest BCUT2D eigenvalue weighted by Crippen LogP contribution is -2.55. The Kier molecular flexibility index (Phi) is 10.3. The zero-order valence-corrected chi connectivity index (χ0v) is 24.6. The second-order valence-corrected chi connectivity index (χ2v) is 11.2. The zero-order valence-electron chi connectivity index (χ0n) is 24.6. The predicted octanol–water partition coefficient (Wildman–Crippen LogP) is 6.03. The molecule has 3 aromatic rings. The van der Waals surface area contributed by atoms with Crippen LogP contribution < -0.4 is 10.6 Å². The lowest BCUT2D eigenvalue weighted by Gasteiger charge is -2.37. The molecule has 2 atom stereocenters. The van der Waals surface area contributed by atoms with Crippen molar-refractivity contribution >= 4 is 23.6 Å². The van der Waals surface area contributed by atoms with E-state index in [9.17, 15) is 14.4 Å². The molecule has 41 heavy (non-hydrogen) atoms. The van der Waals surface area contributed by atoms with E-state index in [4.69, 9.17) is 11.2 Å². The Labute approximate surface area is 243 Å². The van der Waals surface area contributed by atoms with Gasteiger partial charge in [-0.25, -0.2) is 4.79 Å². The number of alkyl carbamates (subject to hydrolysis) is 1. The largest absolute Gasteiger partial charge is 0.444 e. The highest BCUT2D eigenvalue weighted by Gasteiger charge is 2.38. The molecule has 2 unspecified atom stereocenters. The second kappa shape index (κ2) is 13.7. The van der Waals surface area contributed by atoms with Gasteiger partial charge in [0.2, 0.25) is 5.91 Å². The van der Waals surface area contributed by atoms with E-state index in [-0.39, 0.29) is 12.3 Å². The van der Waals surface area contributed by atoms with Crippen LogP contribution in [0.1, 0.15) is 62.9 Å². The van der Waals surface area contributed by atoms with Gasteiger partial charge in [0.25, 0.3) is 5.91 Å². The van der Waals surface area contributed by atoms with Gasteiger partial charge in [-0.1, -0.05) is 66.6 Å². The molecule has 0 bridgehead atoms. The van der Waals surface area contributed by atoms with Crippen LogP contribution in [0.5, 0.6) is 0 Å². The van der Waals surface area contributed by atoms with Crippen LogP contribution in [0.15, 0.2) is 78.9 Å². The van der Waals surface area contributed by atoms with Crippen molar-refractivity contribution in [1.29, 1.82) is 0 Å². The molecule has 0 radical (unpaired) electrons. The van der Waals surface area contributed by atoms with Gasteiger partial charge in [-0.05, 0) is 76.4 Å². The molecule has 3 aromatic carbocycles. The maximum Gasteiger partial charge on any atom is 0.408 e. The average molecular weight is 554 g/mol. The monoisotopic (exact) mass is 553 g/mol. The Bertz CT molecular complexity index is 1390. The fraction of sp³-hybridized carbons (Fsp3) is 0.324. The Morgan fingerprint density at radius 3 is 2.10 bits per heavy atom. The number of nitrogens with zero attached hydrogens (tertiary/aromatic N) is 1. The first-order valence-electron chi connectivity index (χ1n) is 13.7. The van der Waals surface area contributed by atoms with Gasteiger partial charge in [0.05, 0.1) is 0 Å². The maximum absolute atomic E-state index is 14.4. The molecule has 0 aliphatic carbocycles. The molecule has 3 rings (SSSR count). The fourth-order valence-electron chi connectivity index (χ4n) is 4.47. The first-order valence-corrected chi connectivity index (χ1v) is 13.7. The Morgan fingerprint density at radius 2 is 1.54 bits per heavy atom. The minimum absolute atomic E-state index is 0.213. The van der Waals surface area contributed by atoms with Crippen LogP contribution in [-0.4, -0.2) is 40.5 Å². The molecule has 0 saturated carbocycles. The van der Waals surface area contributed by atoms with E-state index in [1.165, 1.54) is 4.90 Å². The van der Waals surface area contributed by atoms with Crippen LogP contribution >= 0.6 is 0 Å². The third-order valence-corrected chi connectivity index (χ3v) is 6.41. The number of para-hydroxylation sites is 1. The van der Waals surface area contributed by atoms with E-state index in [1.807, 2.05) is 75.4 Å². The fourth-order valence-corrected chi connectivity index (χ4v) is 4.47. The van der Waals surface area contributed by atoms with Crippen LogP contribution in [-0.2, 0) is 20.7 Å². The number of nitrogens with one attached hydrogen (secondary N) is 2. The predicted molar refractivity (Wildman–Crippen MR) is 162 cm³/mol. The van der Waals surface area contributed by atoms with Gasteiger partial charge in [-0.15, -0.1) is 6.42 Å². The molecule has 0 spiro atoms. The third-order valence-electron chi connectivity index (χ3n) is 6.41. The lowest BCUT2D eigenvalue weighted by atomic mass is 9.98. The number of aryl methyl sites for hydroxylation is 1. The van der Waals surface area contributed by atoms with Gasteiger partial charge in [-0.3, -0.25) is 9.59 Å². The van der Waals surface area contributed by atoms with Crippen molar-refractivity contribution in [2.75, 3.05) is 5.32 Å². The highest BCUT2D eigenvalue weighted by Crippen LogP contribution is 2.28. The van der Waals surface area contributed by atoms with Crippen molar-refractivity contribution in [3.63, 3.8) is 0 Å². The third kappa shape index (κ3) is 8.71. The van der Waals surface area contributed by atoms with E-state index in [1.54, 1.807) is 45.0 Å². The number of hydrogen-bond donors (Lipinski definition) is 2. The molecule has 0 fully saturated rings. The molecule has 0 heterocycles. The molecule has 0 saturated heterocycles. The number of rotatable bonds is 9. The van der Waals surface area contributed by atoms with Crippen molar-refractivity contribution in [2.45, 2.75) is 71.7 Å². The summed E-state index contributed by atoms with van der Waals surface area (Å²) in [6.07, 6.45) is 5.07. The van der Waals surface area contributed by atoms with E-state index >= 15 is 0 Å². The lowest BCUT2D eigenvalue weighted by molar-refractivity contribution is -0.142. The van der Waals surface area contributed by atoms with Crippen molar-refractivity contribution in [1.82, 2.24) is 10.2 Å². The van der Waals surface area contributed by atoms with Gasteiger partial charge in [0.15, 0.2) is 0 Å². The van der Waals surface area contributed by atoms with Crippen LogP contribution in [0.3, 0.4) is 0 Å². The summed E-state index contributed by atoms with van der Waals surface area (Å²) in [6.45, 7) is 10.9. The Morgan fingerprint density at radius 1 is 0.927 bits per heavy atom. The van der Waals surface area contributed by atoms with Crippen LogP contribution in [0.25, 0.3) is 0 Å². The van der Waals surface area contributed by atoms with E-state index in [2.05, 4.69) is 16.6 Å². The van der Waals surface area contributed by atoms with Gasteiger partial charge in [0, 0.05) is 23.7 Å². The second-order valence-electron chi connectivity index (χ2n) is 11.2.